The lowest BCUT2D eigenvalue weighted by molar-refractivity contribution is 0.340. The van der Waals surface area contributed by atoms with Crippen LogP contribution in [-0.4, -0.2) is 11.6 Å². The molecule has 2 rings (SSSR count). The average Bonchev–Trinajstić information content (AvgIpc) is 2.30. The molecule has 0 saturated heterocycles. The van der Waals surface area contributed by atoms with Crippen LogP contribution in [0.5, 0.6) is 5.75 Å². The Balaban J connectivity index is 2.40. The van der Waals surface area contributed by atoms with Crippen LogP contribution in [0.2, 0.25) is 0 Å². The fourth-order valence-corrected chi connectivity index (χ4v) is 1.72. The van der Waals surface area contributed by atoms with E-state index in [-0.39, 0.29) is 0 Å². The molecule has 1 heterocycles. The highest BCUT2D eigenvalue weighted by molar-refractivity contribution is 7.71. The monoisotopic (exact) mass is 231 g/mol. The van der Waals surface area contributed by atoms with Crippen LogP contribution in [0.3, 0.4) is 0 Å². The maximum absolute atomic E-state index is 5.46. The molecular weight excluding hydrogens is 218 g/mol. The Morgan fingerprint density at radius 2 is 2.00 bits per heavy atom. The van der Waals surface area contributed by atoms with Gasteiger partial charge in [-0.25, -0.2) is 0 Å². The number of hydrogen-bond donors (Lipinski definition) is 1. The first-order valence-corrected chi connectivity index (χ1v) is 5.63. The zero-order valence-electron chi connectivity index (χ0n) is 9.07. The number of aromatic nitrogens is 1. The first-order valence-electron chi connectivity index (χ1n) is 5.22. The largest absolute Gasteiger partial charge is 0.494 e. The van der Waals surface area contributed by atoms with E-state index in [9.17, 15) is 0 Å². The zero-order chi connectivity index (χ0) is 11.4. The van der Waals surface area contributed by atoms with E-state index in [1.807, 2.05) is 49.4 Å². The van der Waals surface area contributed by atoms with Gasteiger partial charge in [0.25, 0.3) is 0 Å². The Morgan fingerprint density at radius 1 is 1.19 bits per heavy atom. The topological polar surface area (TPSA) is 25.0 Å². The number of pyridine rings is 1. The van der Waals surface area contributed by atoms with Crippen molar-refractivity contribution in [3.8, 4) is 17.0 Å². The van der Waals surface area contributed by atoms with Gasteiger partial charge in [0.1, 0.15) is 10.4 Å². The lowest BCUT2D eigenvalue weighted by Gasteiger charge is -2.06. The molecule has 0 spiro atoms. The van der Waals surface area contributed by atoms with Gasteiger partial charge in [-0.1, -0.05) is 30.4 Å². The van der Waals surface area contributed by atoms with Crippen molar-refractivity contribution in [3.05, 3.63) is 47.1 Å². The van der Waals surface area contributed by atoms with E-state index in [1.54, 1.807) is 0 Å². The highest BCUT2D eigenvalue weighted by atomic mass is 32.1. The number of aromatic amines is 1. The van der Waals surface area contributed by atoms with Gasteiger partial charge in [-0.3, -0.25) is 0 Å². The molecule has 0 fully saturated rings. The second-order valence-corrected chi connectivity index (χ2v) is 3.83. The summed E-state index contributed by atoms with van der Waals surface area (Å²) < 4.78 is 6.19. The SMILES string of the molecule is CCOc1cccc(-c2cccc(=S)[nH]2)c1. The molecule has 0 saturated carbocycles. The number of H-pyrrole nitrogens is 1. The first-order chi connectivity index (χ1) is 7.79. The minimum Gasteiger partial charge on any atom is -0.494 e. The van der Waals surface area contributed by atoms with Crippen molar-refractivity contribution < 1.29 is 4.74 Å². The molecule has 0 aliphatic heterocycles. The number of hydrogen-bond acceptors (Lipinski definition) is 2. The van der Waals surface area contributed by atoms with Crippen LogP contribution < -0.4 is 4.74 Å². The molecule has 3 heteroatoms. The van der Waals surface area contributed by atoms with Crippen molar-refractivity contribution in [2.24, 2.45) is 0 Å². The molecule has 16 heavy (non-hydrogen) atoms. The molecule has 0 amide bonds. The van der Waals surface area contributed by atoms with Gasteiger partial charge in [0, 0.05) is 11.3 Å². The van der Waals surface area contributed by atoms with E-state index in [4.69, 9.17) is 17.0 Å². The standard InChI is InChI=1S/C13H13NOS/c1-2-15-11-6-3-5-10(9-11)12-7-4-8-13(16)14-12/h3-9H,2H2,1H3,(H,14,16). The maximum Gasteiger partial charge on any atom is 0.119 e. The quantitative estimate of drug-likeness (QED) is 0.812. The molecule has 0 aliphatic rings. The van der Waals surface area contributed by atoms with E-state index in [0.29, 0.717) is 6.61 Å². The first kappa shape index (κ1) is 10.9. The van der Waals surface area contributed by atoms with Crippen molar-refractivity contribution >= 4 is 12.2 Å². The van der Waals surface area contributed by atoms with Crippen LogP contribution in [0.1, 0.15) is 6.92 Å². The van der Waals surface area contributed by atoms with Crippen molar-refractivity contribution in [2.45, 2.75) is 6.92 Å². The van der Waals surface area contributed by atoms with E-state index in [1.165, 1.54) is 0 Å². The van der Waals surface area contributed by atoms with Gasteiger partial charge in [0.05, 0.1) is 6.61 Å². The molecule has 0 radical (unpaired) electrons. The number of rotatable bonds is 3. The molecule has 0 bridgehead atoms. The van der Waals surface area contributed by atoms with Gasteiger partial charge in [0.15, 0.2) is 0 Å². The Morgan fingerprint density at radius 3 is 2.75 bits per heavy atom. The third-order valence-electron chi connectivity index (χ3n) is 2.22. The number of nitrogens with one attached hydrogen (secondary N) is 1. The van der Waals surface area contributed by atoms with Crippen LogP contribution in [0.15, 0.2) is 42.5 Å². The highest BCUT2D eigenvalue weighted by Crippen LogP contribution is 2.21. The Kier molecular flexibility index (Phi) is 3.37. The third-order valence-corrected chi connectivity index (χ3v) is 2.46. The average molecular weight is 231 g/mol. The molecule has 82 valence electrons. The van der Waals surface area contributed by atoms with Gasteiger partial charge in [0.2, 0.25) is 0 Å². The summed E-state index contributed by atoms with van der Waals surface area (Å²) in [6.45, 7) is 2.65. The summed E-state index contributed by atoms with van der Waals surface area (Å²) in [5.41, 5.74) is 2.09. The van der Waals surface area contributed by atoms with E-state index < -0.39 is 0 Å². The smallest absolute Gasteiger partial charge is 0.119 e. The van der Waals surface area contributed by atoms with Gasteiger partial charge in [-0.15, -0.1) is 0 Å². The fourth-order valence-electron chi connectivity index (χ4n) is 1.54. The molecule has 2 aromatic rings. The predicted octanol–water partition coefficient (Wildman–Crippen LogP) is 3.81. The predicted molar refractivity (Wildman–Crippen MR) is 68.2 cm³/mol. The van der Waals surface area contributed by atoms with Crippen LogP contribution in [0, 0.1) is 4.64 Å². The van der Waals surface area contributed by atoms with Crippen LogP contribution in [0.4, 0.5) is 0 Å². The third kappa shape index (κ3) is 2.49. The van der Waals surface area contributed by atoms with Gasteiger partial charge < -0.3 is 9.72 Å². The maximum atomic E-state index is 5.46. The van der Waals surface area contributed by atoms with Crippen LogP contribution in [-0.2, 0) is 0 Å². The van der Waals surface area contributed by atoms with Crippen molar-refractivity contribution in [3.63, 3.8) is 0 Å². The van der Waals surface area contributed by atoms with Crippen LogP contribution >= 0.6 is 12.2 Å². The number of ether oxygens (including phenoxy) is 1. The van der Waals surface area contributed by atoms with Crippen molar-refractivity contribution in [1.29, 1.82) is 0 Å². The second kappa shape index (κ2) is 4.94. The molecule has 2 nitrogen and oxygen atoms in total. The summed E-state index contributed by atoms with van der Waals surface area (Å²) in [7, 11) is 0. The molecule has 1 N–H and O–H groups in total. The lowest BCUT2D eigenvalue weighted by atomic mass is 10.1. The van der Waals surface area contributed by atoms with Crippen molar-refractivity contribution in [2.75, 3.05) is 6.61 Å². The molecule has 1 aromatic carbocycles. The summed E-state index contributed by atoms with van der Waals surface area (Å²) >= 11 is 5.10. The highest BCUT2D eigenvalue weighted by Gasteiger charge is 1.99. The minimum atomic E-state index is 0.675. The summed E-state index contributed by atoms with van der Waals surface area (Å²) in [4.78, 5) is 3.15. The second-order valence-electron chi connectivity index (χ2n) is 3.39. The zero-order valence-corrected chi connectivity index (χ0v) is 9.88. The summed E-state index contributed by atoms with van der Waals surface area (Å²) in [5.74, 6) is 0.878. The fraction of sp³-hybridized carbons (Fsp3) is 0.154. The lowest BCUT2D eigenvalue weighted by Crippen LogP contribution is -1.91. The molecule has 0 unspecified atom stereocenters. The Labute approximate surface area is 99.9 Å². The molecule has 0 atom stereocenters. The normalized spacial score (nSPS) is 10.1. The van der Waals surface area contributed by atoms with Gasteiger partial charge >= 0.3 is 0 Å². The summed E-state index contributed by atoms with van der Waals surface area (Å²) in [6, 6.07) is 13.8. The van der Waals surface area contributed by atoms with Gasteiger partial charge in [-0.2, -0.15) is 0 Å². The van der Waals surface area contributed by atoms with E-state index in [2.05, 4.69) is 4.98 Å². The molecular formula is C13H13NOS. The van der Waals surface area contributed by atoms with Gasteiger partial charge in [-0.05, 0) is 31.2 Å². The van der Waals surface area contributed by atoms with Crippen LogP contribution in [0.25, 0.3) is 11.3 Å². The van der Waals surface area contributed by atoms with E-state index >= 15 is 0 Å². The summed E-state index contributed by atoms with van der Waals surface area (Å²) in [5, 5.41) is 0. The van der Waals surface area contributed by atoms with E-state index in [0.717, 1.165) is 21.6 Å². The van der Waals surface area contributed by atoms with Crippen molar-refractivity contribution in [1.82, 2.24) is 4.98 Å². The number of benzene rings is 1. The Hall–Kier alpha value is -1.61. The molecule has 1 aromatic heterocycles. The Bertz CT molecular complexity index is 533. The summed E-state index contributed by atoms with van der Waals surface area (Å²) in [6.07, 6.45) is 0. The molecule has 0 aliphatic carbocycles. The minimum absolute atomic E-state index is 0.675.